The van der Waals surface area contributed by atoms with Crippen LogP contribution in [-0.2, 0) is 4.79 Å². The van der Waals surface area contributed by atoms with Crippen LogP contribution >= 0.6 is 0 Å². The first-order chi connectivity index (χ1) is 9.85. The quantitative estimate of drug-likeness (QED) is 0.699. The van der Waals surface area contributed by atoms with E-state index >= 15 is 0 Å². The van der Waals surface area contributed by atoms with E-state index in [1.165, 1.54) is 6.42 Å². The summed E-state index contributed by atoms with van der Waals surface area (Å²) in [6, 6.07) is 0.600. The number of unbranched alkanes of at least 4 members (excludes halogenated alkanes) is 1. The van der Waals surface area contributed by atoms with E-state index in [1.807, 2.05) is 0 Å². The smallest absolute Gasteiger partial charge is 0.244 e. The lowest BCUT2D eigenvalue weighted by Crippen LogP contribution is -2.39. The molecule has 21 heavy (non-hydrogen) atoms. The van der Waals surface area contributed by atoms with Gasteiger partial charge in [-0.2, -0.15) is 0 Å². The van der Waals surface area contributed by atoms with Crippen LogP contribution in [0.4, 0.5) is 0 Å². The summed E-state index contributed by atoms with van der Waals surface area (Å²) >= 11 is 0. The maximum absolute atomic E-state index is 12.6. The largest absolute Gasteiger partial charge is 0.326 e. The molecule has 122 valence electrons. The van der Waals surface area contributed by atoms with E-state index in [9.17, 15) is 4.79 Å². The van der Waals surface area contributed by atoms with Crippen molar-refractivity contribution < 1.29 is 4.79 Å². The van der Waals surface area contributed by atoms with Gasteiger partial charge in [-0.25, -0.2) is 0 Å². The van der Waals surface area contributed by atoms with Gasteiger partial charge in [0, 0.05) is 12.6 Å². The molecule has 1 aliphatic carbocycles. The minimum absolute atomic E-state index is 0.158. The Labute approximate surface area is 130 Å². The van der Waals surface area contributed by atoms with E-state index < -0.39 is 0 Å². The highest BCUT2D eigenvalue weighted by Crippen LogP contribution is 2.43. The molecule has 2 fully saturated rings. The normalized spacial score (nSPS) is 24.1. The van der Waals surface area contributed by atoms with E-state index in [0.29, 0.717) is 17.9 Å². The molecule has 4 nitrogen and oxygen atoms in total. The summed E-state index contributed by atoms with van der Waals surface area (Å²) in [5.74, 6) is 0.990. The molecule has 1 amide bonds. The molecule has 1 spiro atoms. The summed E-state index contributed by atoms with van der Waals surface area (Å²) in [4.78, 5) is 17.1. The lowest BCUT2D eigenvalue weighted by Gasteiger charge is -2.26. The zero-order valence-electron chi connectivity index (χ0n) is 14.5. The predicted molar refractivity (Wildman–Crippen MR) is 87.1 cm³/mol. The Morgan fingerprint density at radius 2 is 1.95 bits per heavy atom. The SMILES string of the molecule is CC(C)CC1NC2(CC2)C(=O)N1CCCCN(C)C(C)C. The monoisotopic (exact) mass is 295 g/mol. The van der Waals surface area contributed by atoms with Gasteiger partial charge in [-0.3, -0.25) is 10.1 Å². The molecular formula is C17H33N3O. The lowest BCUT2D eigenvalue weighted by molar-refractivity contribution is -0.131. The Hall–Kier alpha value is -0.610. The van der Waals surface area contributed by atoms with E-state index in [0.717, 1.165) is 38.8 Å². The molecule has 0 bridgehead atoms. The Morgan fingerprint density at radius 1 is 1.29 bits per heavy atom. The topological polar surface area (TPSA) is 35.6 Å². The van der Waals surface area contributed by atoms with Gasteiger partial charge in [-0.1, -0.05) is 13.8 Å². The summed E-state index contributed by atoms with van der Waals surface area (Å²) in [6.07, 6.45) is 5.68. The summed E-state index contributed by atoms with van der Waals surface area (Å²) in [5, 5.41) is 3.61. The number of carbonyl (C=O) groups is 1. The maximum Gasteiger partial charge on any atom is 0.244 e. The van der Waals surface area contributed by atoms with Crippen LogP contribution in [-0.4, -0.2) is 53.6 Å². The number of hydrogen-bond donors (Lipinski definition) is 1. The molecule has 1 saturated heterocycles. The molecule has 0 aromatic rings. The van der Waals surface area contributed by atoms with Crippen LogP contribution < -0.4 is 5.32 Å². The molecule has 0 radical (unpaired) electrons. The lowest BCUT2D eigenvalue weighted by atomic mass is 10.1. The molecule has 1 unspecified atom stereocenters. The summed E-state index contributed by atoms with van der Waals surface area (Å²) in [6.45, 7) is 11.0. The number of nitrogens with zero attached hydrogens (tertiary/aromatic N) is 2. The fourth-order valence-corrected chi connectivity index (χ4v) is 3.15. The zero-order valence-corrected chi connectivity index (χ0v) is 14.5. The van der Waals surface area contributed by atoms with Crippen LogP contribution in [0.2, 0.25) is 0 Å². The van der Waals surface area contributed by atoms with Gasteiger partial charge in [0.15, 0.2) is 0 Å². The fraction of sp³-hybridized carbons (Fsp3) is 0.941. The van der Waals surface area contributed by atoms with Crippen molar-refractivity contribution in [1.82, 2.24) is 15.1 Å². The van der Waals surface area contributed by atoms with E-state index in [-0.39, 0.29) is 11.7 Å². The van der Waals surface area contributed by atoms with Crippen molar-refractivity contribution in [1.29, 1.82) is 0 Å². The van der Waals surface area contributed by atoms with Crippen LogP contribution in [0.25, 0.3) is 0 Å². The van der Waals surface area contributed by atoms with Gasteiger partial charge in [-0.15, -0.1) is 0 Å². The van der Waals surface area contributed by atoms with Crippen molar-refractivity contribution in [3.8, 4) is 0 Å². The summed E-state index contributed by atoms with van der Waals surface area (Å²) < 4.78 is 0. The number of rotatable bonds is 8. The van der Waals surface area contributed by atoms with E-state index in [2.05, 4.69) is 49.9 Å². The first-order valence-electron chi connectivity index (χ1n) is 8.65. The van der Waals surface area contributed by atoms with Gasteiger partial charge >= 0.3 is 0 Å². The van der Waals surface area contributed by atoms with Crippen molar-refractivity contribution in [3.63, 3.8) is 0 Å². The third-order valence-electron chi connectivity index (χ3n) is 4.98. The molecule has 1 N–H and O–H groups in total. The molecule has 1 heterocycles. The van der Waals surface area contributed by atoms with Crippen molar-refractivity contribution in [2.24, 2.45) is 5.92 Å². The molecule has 2 aliphatic rings. The van der Waals surface area contributed by atoms with Gasteiger partial charge in [0.25, 0.3) is 0 Å². The summed E-state index contributed by atoms with van der Waals surface area (Å²) in [7, 11) is 2.17. The van der Waals surface area contributed by atoms with Crippen molar-refractivity contribution in [2.45, 2.75) is 77.5 Å². The molecule has 4 heteroatoms. The second-order valence-corrected chi connectivity index (χ2v) is 7.65. The minimum atomic E-state index is -0.158. The van der Waals surface area contributed by atoms with Crippen molar-refractivity contribution in [3.05, 3.63) is 0 Å². The van der Waals surface area contributed by atoms with Gasteiger partial charge < -0.3 is 9.80 Å². The Morgan fingerprint density at radius 3 is 2.48 bits per heavy atom. The molecule has 0 aromatic carbocycles. The highest BCUT2D eigenvalue weighted by Gasteiger charge is 2.58. The van der Waals surface area contributed by atoms with Crippen LogP contribution in [0.5, 0.6) is 0 Å². The first-order valence-corrected chi connectivity index (χ1v) is 8.65. The van der Waals surface area contributed by atoms with Gasteiger partial charge in [0.2, 0.25) is 5.91 Å². The second-order valence-electron chi connectivity index (χ2n) is 7.65. The first kappa shape index (κ1) is 16.8. The van der Waals surface area contributed by atoms with Crippen molar-refractivity contribution >= 4 is 5.91 Å². The van der Waals surface area contributed by atoms with Crippen LogP contribution in [0.3, 0.4) is 0 Å². The van der Waals surface area contributed by atoms with E-state index in [1.54, 1.807) is 0 Å². The Balaban J connectivity index is 1.80. The van der Waals surface area contributed by atoms with Gasteiger partial charge in [-0.05, 0) is 65.5 Å². The van der Waals surface area contributed by atoms with E-state index in [4.69, 9.17) is 0 Å². The number of hydrogen-bond acceptors (Lipinski definition) is 3. The third kappa shape index (κ3) is 3.98. The maximum atomic E-state index is 12.6. The van der Waals surface area contributed by atoms with Crippen LogP contribution in [0.1, 0.15) is 59.8 Å². The third-order valence-corrected chi connectivity index (χ3v) is 4.98. The fourth-order valence-electron chi connectivity index (χ4n) is 3.15. The second kappa shape index (κ2) is 6.66. The minimum Gasteiger partial charge on any atom is -0.326 e. The van der Waals surface area contributed by atoms with Gasteiger partial charge in [0.1, 0.15) is 0 Å². The number of amides is 1. The molecule has 1 aliphatic heterocycles. The molecule has 1 saturated carbocycles. The van der Waals surface area contributed by atoms with Crippen molar-refractivity contribution in [2.75, 3.05) is 20.1 Å². The van der Waals surface area contributed by atoms with Gasteiger partial charge in [0.05, 0.1) is 11.7 Å². The molecule has 0 aromatic heterocycles. The standard InChI is InChI=1S/C17H33N3O/c1-13(2)12-15-18-17(8-9-17)16(21)20(15)11-7-6-10-19(5)14(3)4/h13-15,18H,6-12H2,1-5H3. The zero-order chi connectivity index (χ0) is 15.6. The highest BCUT2D eigenvalue weighted by molar-refractivity contribution is 5.91. The number of nitrogens with one attached hydrogen (secondary N) is 1. The highest BCUT2D eigenvalue weighted by atomic mass is 16.2. The Bertz CT molecular complexity index is 363. The molecule has 2 rings (SSSR count). The van der Waals surface area contributed by atoms with Crippen LogP contribution in [0, 0.1) is 5.92 Å². The summed E-state index contributed by atoms with van der Waals surface area (Å²) in [5.41, 5.74) is -0.158. The average molecular weight is 295 g/mol. The number of carbonyl (C=O) groups excluding carboxylic acids is 1. The predicted octanol–water partition coefficient (Wildman–Crippen LogP) is 2.44. The Kier molecular flexibility index (Phi) is 5.31. The average Bonchev–Trinajstić information content (AvgIpc) is 3.12. The molecular weight excluding hydrogens is 262 g/mol. The van der Waals surface area contributed by atoms with Crippen LogP contribution in [0.15, 0.2) is 0 Å². The molecule has 1 atom stereocenters.